The van der Waals surface area contributed by atoms with E-state index in [0.717, 1.165) is 36.3 Å². The number of carbonyl (C=O) groups is 2. The number of carboxylic acids is 1. The second-order valence-electron chi connectivity index (χ2n) is 8.45. The minimum atomic E-state index is -0.997. The predicted molar refractivity (Wildman–Crippen MR) is 113 cm³/mol. The summed E-state index contributed by atoms with van der Waals surface area (Å²) in [6, 6.07) is 3.20. The van der Waals surface area contributed by atoms with E-state index in [1.165, 1.54) is 0 Å². The van der Waals surface area contributed by atoms with E-state index >= 15 is 0 Å². The van der Waals surface area contributed by atoms with Gasteiger partial charge in [-0.3, -0.25) is 9.59 Å². The van der Waals surface area contributed by atoms with Gasteiger partial charge in [0, 0.05) is 23.1 Å². The lowest BCUT2D eigenvalue weighted by atomic mass is 9.86. The molecule has 6 heteroatoms. The number of nitrogens with zero attached hydrogens (tertiary/aromatic N) is 1. The van der Waals surface area contributed by atoms with Crippen molar-refractivity contribution in [2.45, 2.75) is 91.3 Å². The molecule has 0 amide bonds. The van der Waals surface area contributed by atoms with Gasteiger partial charge in [-0.25, -0.2) is 0 Å². The molecule has 0 aromatic heterocycles. The van der Waals surface area contributed by atoms with E-state index < -0.39 is 24.2 Å². The molecule has 0 saturated heterocycles. The summed E-state index contributed by atoms with van der Waals surface area (Å²) in [6.07, 6.45) is 4.27. The summed E-state index contributed by atoms with van der Waals surface area (Å²) in [5.41, 5.74) is 2.03. The Morgan fingerprint density at radius 3 is 2.48 bits per heavy atom. The summed E-state index contributed by atoms with van der Waals surface area (Å²) >= 11 is 0. The van der Waals surface area contributed by atoms with E-state index in [1.807, 2.05) is 26.8 Å². The predicted octanol–water partition coefficient (Wildman–Crippen LogP) is 5.65. The van der Waals surface area contributed by atoms with Crippen LogP contribution in [0.2, 0.25) is 0 Å². The second-order valence-corrected chi connectivity index (χ2v) is 8.45. The summed E-state index contributed by atoms with van der Waals surface area (Å²) in [5.74, 6) is -1.09. The molecule has 0 fully saturated rings. The van der Waals surface area contributed by atoms with Crippen molar-refractivity contribution in [3.8, 4) is 5.75 Å². The molecule has 3 unspecified atom stereocenters. The number of rotatable bonds is 10. The first-order valence-electron chi connectivity index (χ1n) is 10.7. The molecule has 0 bridgehead atoms. The lowest BCUT2D eigenvalue weighted by molar-refractivity contribution is -0.137. The maximum absolute atomic E-state index is 13.0. The van der Waals surface area contributed by atoms with Gasteiger partial charge in [-0.15, -0.1) is 0 Å². The van der Waals surface area contributed by atoms with Gasteiger partial charge in [0.15, 0.2) is 5.78 Å². The Bertz CT molecular complexity index is 730. The highest BCUT2D eigenvalue weighted by molar-refractivity contribution is 6.01. The molecule has 162 valence electrons. The van der Waals surface area contributed by atoms with Gasteiger partial charge in [-0.2, -0.15) is 0 Å². The van der Waals surface area contributed by atoms with E-state index in [9.17, 15) is 14.8 Å². The first-order chi connectivity index (χ1) is 13.7. The minimum Gasteiger partial charge on any atom is -0.782 e. The number of carboxylic acid groups (broad SMARTS) is 1. The smallest absolute Gasteiger partial charge is 0.304 e. The van der Waals surface area contributed by atoms with Gasteiger partial charge in [-0.05, 0) is 43.4 Å². The topological polar surface area (TPSA) is 89.9 Å². The SMILES string of the molecule is CCCCCCC1Oc2cc(C(C)C)c(C(=O)C(C)CC(=O)O)cc2C(C)N1[O-]. The number of ketones is 1. The molecule has 1 aromatic carbocycles. The monoisotopic (exact) mass is 404 g/mol. The number of unbranched alkanes of at least 4 members (excludes halogenated alkanes) is 3. The molecule has 0 radical (unpaired) electrons. The Balaban J connectivity index is 2.34. The lowest BCUT2D eigenvalue weighted by Gasteiger charge is -2.46. The number of fused-ring (bicyclic) bond motifs is 1. The number of benzene rings is 1. The molecule has 1 aliphatic rings. The second kappa shape index (κ2) is 10.2. The summed E-state index contributed by atoms with van der Waals surface area (Å²) in [6.45, 7) is 9.60. The fourth-order valence-corrected chi connectivity index (χ4v) is 3.87. The zero-order chi connectivity index (χ0) is 21.7. The Morgan fingerprint density at radius 1 is 1.21 bits per heavy atom. The zero-order valence-electron chi connectivity index (χ0n) is 18.2. The van der Waals surface area contributed by atoms with Crippen molar-refractivity contribution in [2.24, 2.45) is 5.92 Å². The van der Waals surface area contributed by atoms with E-state index in [0.29, 0.717) is 23.3 Å². The highest BCUT2D eigenvalue weighted by Gasteiger charge is 2.31. The van der Waals surface area contributed by atoms with Crippen LogP contribution < -0.4 is 4.74 Å². The molecule has 6 nitrogen and oxygen atoms in total. The minimum absolute atomic E-state index is 0.0727. The lowest BCUT2D eigenvalue weighted by Crippen LogP contribution is -2.41. The highest BCUT2D eigenvalue weighted by Crippen LogP contribution is 2.41. The van der Waals surface area contributed by atoms with Gasteiger partial charge in [0.05, 0.1) is 6.42 Å². The van der Waals surface area contributed by atoms with Crippen LogP contribution in [-0.2, 0) is 4.79 Å². The van der Waals surface area contributed by atoms with Gasteiger partial charge in [0.1, 0.15) is 12.0 Å². The molecule has 1 aliphatic heterocycles. The van der Waals surface area contributed by atoms with Crippen LogP contribution in [0.1, 0.15) is 107 Å². The molecule has 0 aliphatic carbocycles. The zero-order valence-corrected chi connectivity index (χ0v) is 18.2. The number of hydrogen-bond donors (Lipinski definition) is 1. The Morgan fingerprint density at radius 2 is 1.90 bits per heavy atom. The number of ether oxygens (including phenoxy) is 1. The van der Waals surface area contributed by atoms with Gasteiger partial charge in [0.2, 0.25) is 0 Å². The quantitative estimate of drug-likeness (QED) is 0.400. The molecule has 1 heterocycles. The molecule has 1 N–H and O–H groups in total. The van der Waals surface area contributed by atoms with E-state index in [1.54, 1.807) is 13.0 Å². The molecular weight excluding hydrogens is 370 g/mol. The van der Waals surface area contributed by atoms with Crippen LogP contribution in [0, 0.1) is 11.1 Å². The van der Waals surface area contributed by atoms with Crippen LogP contribution in [-0.4, -0.2) is 28.2 Å². The third-order valence-electron chi connectivity index (χ3n) is 5.68. The third-order valence-corrected chi connectivity index (χ3v) is 5.68. The maximum atomic E-state index is 13.0. The van der Waals surface area contributed by atoms with Crippen molar-refractivity contribution in [2.75, 3.05) is 0 Å². The summed E-state index contributed by atoms with van der Waals surface area (Å²) in [5, 5.41) is 22.8. The Kier molecular flexibility index (Phi) is 8.23. The normalized spacial score (nSPS) is 20.2. The molecule has 29 heavy (non-hydrogen) atoms. The van der Waals surface area contributed by atoms with Crippen molar-refractivity contribution < 1.29 is 19.4 Å². The molecule has 1 aromatic rings. The molecule has 0 spiro atoms. The number of hydroxylamine groups is 2. The van der Waals surface area contributed by atoms with Crippen LogP contribution in [0.15, 0.2) is 12.1 Å². The first-order valence-corrected chi connectivity index (χ1v) is 10.7. The molecule has 3 atom stereocenters. The summed E-state index contributed by atoms with van der Waals surface area (Å²) in [4.78, 5) is 24.0. The van der Waals surface area contributed by atoms with Crippen LogP contribution in [0.5, 0.6) is 5.75 Å². The summed E-state index contributed by atoms with van der Waals surface area (Å²) in [7, 11) is 0. The largest absolute Gasteiger partial charge is 0.782 e. The van der Waals surface area contributed by atoms with Crippen LogP contribution >= 0.6 is 0 Å². The van der Waals surface area contributed by atoms with E-state index in [-0.39, 0.29) is 18.1 Å². The molecule has 0 saturated carbocycles. The van der Waals surface area contributed by atoms with Crippen molar-refractivity contribution in [3.63, 3.8) is 0 Å². The third kappa shape index (κ3) is 5.58. The van der Waals surface area contributed by atoms with Crippen molar-refractivity contribution in [1.82, 2.24) is 5.06 Å². The first kappa shape index (κ1) is 23.4. The van der Waals surface area contributed by atoms with Gasteiger partial charge >= 0.3 is 5.97 Å². The van der Waals surface area contributed by atoms with Crippen LogP contribution in [0.4, 0.5) is 0 Å². The van der Waals surface area contributed by atoms with Crippen LogP contribution in [0.25, 0.3) is 0 Å². The standard InChI is InChI=1S/C23H34NO5/c1-6-7-8-9-10-21-24(28)16(5)18-12-19(23(27)15(4)11-22(25)26)17(14(2)3)13-20(18)29-21/h12-16,21H,6-11H2,1-5H3,(H,25,26)/q-1. The van der Waals surface area contributed by atoms with Gasteiger partial charge in [0.25, 0.3) is 0 Å². The number of Topliss-reactive ketones (excluding diaryl/α,β-unsaturated/α-hetero) is 1. The highest BCUT2D eigenvalue weighted by atomic mass is 16.6. The fraction of sp³-hybridized carbons (Fsp3) is 0.652. The average Bonchev–Trinajstić information content (AvgIpc) is 2.66. The van der Waals surface area contributed by atoms with Gasteiger partial charge < -0.3 is 20.1 Å². The Hall–Kier alpha value is -1.92. The average molecular weight is 405 g/mol. The molecular formula is C23H34NO5-. The fourth-order valence-electron chi connectivity index (χ4n) is 3.87. The van der Waals surface area contributed by atoms with E-state index in [2.05, 4.69) is 6.92 Å². The van der Waals surface area contributed by atoms with Crippen molar-refractivity contribution in [1.29, 1.82) is 0 Å². The van der Waals surface area contributed by atoms with Crippen LogP contribution in [0.3, 0.4) is 0 Å². The Labute approximate surface area is 173 Å². The molecule has 2 rings (SSSR count). The number of aliphatic carboxylic acids is 1. The van der Waals surface area contributed by atoms with Crippen molar-refractivity contribution >= 4 is 11.8 Å². The van der Waals surface area contributed by atoms with Crippen molar-refractivity contribution in [3.05, 3.63) is 34.0 Å². The maximum Gasteiger partial charge on any atom is 0.304 e. The number of hydrogen-bond acceptors (Lipinski definition) is 5. The summed E-state index contributed by atoms with van der Waals surface area (Å²) < 4.78 is 6.05. The van der Waals surface area contributed by atoms with E-state index in [4.69, 9.17) is 9.84 Å². The van der Waals surface area contributed by atoms with Gasteiger partial charge in [-0.1, -0.05) is 47.0 Å². The number of carbonyl (C=O) groups excluding carboxylic acids is 1.